The summed E-state index contributed by atoms with van der Waals surface area (Å²) >= 11 is 0. The van der Waals surface area contributed by atoms with E-state index in [1.165, 1.54) is 5.56 Å². The Bertz CT molecular complexity index is 539. The summed E-state index contributed by atoms with van der Waals surface area (Å²) < 4.78 is 0. The van der Waals surface area contributed by atoms with Crippen molar-refractivity contribution in [1.29, 1.82) is 0 Å². The summed E-state index contributed by atoms with van der Waals surface area (Å²) in [6.07, 6.45) is 3.69. The van der Waals surface area contributed by atoms with Crippen molar-refractivity contribution in [1.82, 2.24) is 0 Å². The van der Waals surface area contributed by atoms with Crippen molar-refractivity contribution >= 4 is 12.2 Å². The SMILES string of the molecule is Cc1ccc(C(C)O)c(C=Cc2ccccc2)c1. The standard InChI is InChI=1S/C17H18O/c1-13-8-11-17(14(2)18)16(12-13)10-9-15-6-4-3-5-7-15/h3-12,14,18H,1-2H3. The maximum atomic E-state index is 9.76. The Kier molecular flexibility index (Phi) is 3.96. The molecule has 0 spiro atoms. The van der Waals surface area contributed by atoms with Gasteiger partial charge >= 0.3 is 0 Å². The van der Waals surface area contributed by atoms with Crippen LogP contribution in [0, 0.1) is 6.92 Å². The van der Waals surface area contributed by atoms with E-state index >= 15 is 0 Å². The lowest BCUT2D eigenvalue weighted by Crippen LogP contribution is -1.95. The van der Waals surface area contributed by atoms with E-state index in [1.54, 1.807) is 6.92 Å². The van der Waals surface area contributed by atoms with E-state index in [4.69, 9.17) is 0 Å². The minimum Gasteiger partial charge on any atom is -0.389 e. The van der Waals surface area contributed by atoms with Gasteiger partial charge in [-0.05, 0) is 30.5 Å². The third-order valence-corrected chi connectivity index (χ3v) is 2.95. The lowest BCUT2D eigenvalue weighted by molar-refractivity contribution is 0.199. The molecule has 1 N–H and O–H groups in total. The van der Waals surface area contributed by atoms with Crippen LogP contribution in [0.1, 0.15) is 35.3 Å². The van der Waals surface area contributed by atoms with Crippen molar-refractivity contribution in [2.45, 2.75) is 20.0 Å². The van der Waals surface area contributed by atoms with E-state index in [-0.39, 0.29) is 0 Å². The fourth-order valence-electron chi connectivity index (χ4n) is 1.97. The molecule has 2 rings (SSSR count). The third-order valence-electron chi connectivity index (χ3n) is 2.95. The van der Waals surface area contributed by atoms with Gasteiger partial charge in [0.2, 0.25) is 0 Å². The van der Waals surface area contributed by atoms with Crippen molar-refractivity contribution in [2.75, 3.05) is 0 Å². The zero-order valence-corrected chi connectivity index (χ0v) is 10.8. The number of aliphatic hydroxyl groups is 1. The molecule has 0 fully saturated rings. The van der Waals surface area contributed by atoms with Crippen LogP contribution >= 0.6 is 0 Å². The van der Waals surface area contributed by atoms with E-state index in [0.717, 1.165) is 16.7 Å². The predicted molar refractivity (Wildman–Crippen MR) is 77.2 cm³/mol. The van der Waals surface area contributed by atoms with E-state index in [2.05, 4.69) is 37.3 Å². The van der Waals surface area contributed by atoms with Crippen molar-refractivity contribution in [3.63, 3.8) is 0 Å². The Morgan fingerprint density at radius 3 is 2.39 bits per heavy atom. The van der Waals surface area contributed by atoms with Gasteiger partial charge in [-0.15, -0.1) is 0 Å². The maximum absolute atomic E-state index is 9.76. The van der Waals surface area contributed by atoms with E-state index in [1.807, 2.05) is 30.3 Å². The Balaban J connectivity index is 2.33. The van der Waals surface area contributed by atoms with Crippen molar-refractivity contribution in [3.8, 4) is 0 Å². The predicted octanol–water partition coefficient (Wildman–Crippen LogP) is 4.22. The Morgan fingerprint density at radius 1 is 1.00 bits per heavy atom. The lowest BCUT2D eigenvalue weighted by atomic mass is 10.00. The minimum atomic E-state index is -0.443. The van der Waals surface area contributed by atoms with Crippen LogP contribution in [-0.4, -0.2) is 5.11 Å². The zero-order chi connectivity index (χ0) is 13.0. The Labute approximate surface area is 108 Å². The highest BCUT2D eigenvalue weighted by Gasteiger charge is 2.05. The quantitative estimate of drug-likeness (QED) is 0.794. The Morgan fingerprint density at radius 2 is 1.72 bits per heavy atom. The first kappa shape index (κ1) is 12.6. The molecule has 2 aromatic rings. The third kappa shape index (κ3) is 3.08. The first-order valence-corrected chi connectivity index (χ1v) is 6.18. The molecule has 0 bridgehead atoms. The van der Waals surface area contributed by atoms with Crippen LogP contribution in [0.4, 0.5) is 0 Å². The second kappa shape index (κ2) is 5.65. The van der Waals surface area contributed by atoms with Crippen LogP contribution in [0.15, 0.2) is 48.5 Å². The molecule has 0 aliphatic carbocycles. The molecule has 1 nitrogen and oxygen atoms in total. The number of rotatable bonds is 3. The fraction of sp³-hybridized carbons (Fsp3) is 0.176. The summed E-state index contributed by atoms with van der Waals surface area (Å²) in [5.74, 6) is 0. The number of aryl methyl sites for hydroxylation is 1. The van der Waals surface area contributed by atoms with E-state index < -0.39 is 6.10 Å². The summed E-state index contributed by atoms with van der Waals surface area (Å²) in [5.41, 5.74) is 4.41. The first-order chi connectivity index (χ1) is 8.66. The maximum Gasteiger partial charge on any atom is 0.0767 e. The summed E-state index contributed by atoms with van der Waals surface area (Å²) in [4.78, 5) is 0. The van der Waals surface area contributed by atoms with Gasteiger partial charge in [0.15, 0.2) is 0 Å². The zero-order valence-electron chi connectivity index (χ0n) is 10.8. The van der Waals surface area contributed by atoms with Gasteiger partial charge in [0.05, 0.1) is 6.10 Å². The second-order valence-electron chi connectivity index (χ2n) is 4.55. The van der Waals surface area contributed by atoms with Crippen LogP contribution in [0.3, 0.4) is 0 Å². The van der Waals surface area contributed by atoms with Gasteiger partial charge in [0, 0.05) is 0 Å². The monoisotopic (exact) mass is 238 g/mol. The molecule has 0 aliphatic heterocycles. The molecule has 2 aromatic carbocycles. The molecule has 0 amide bonds. The average Bonchev–Trinajstić information content (AvgIpc) is 2.37. The first-order valence-electron chi connectivity index (χ1n) is 6.18. The Hall–Kier alpha value is -1.86. The highest BCUT2D eigenvalue weighted by molar-refractivity contribution is 5.71. The minimum absolute atomic E-state index is 0.443. The molecule has 0 saturated heterocycles. The highest BCUT2D eigenvalue weighted by Crippen LogP contribution is 2.21. The molecular formula is C17H18O. The van der Waals surface area contributed by atoms with Crippen LogP contribution < -0.4 is 0 Å². The summed E-state index contributed by atoms with van der Waals surface area (Å²) in [7, 11) is 0. The van der Waals surface area contributed by atoms with Crippen LogP contribution in [-0.2, 0) is 0 Å². The van der Waals surface area contributed by atoms with Gasteiger partial charge in [-0.3, -0.25) is 0 Å². The van der Waals surface area contributed by atoms with Crippen molar-refractivity contribution in [2.24, 2.45) is 0 Å². The molecular weight excluding hydrogens is 220 g/mol. The molecule has 0 aromatic heterocycles. The van der Waals surface area contributed by atoms with Crippen LogP contribution in [0.25, 0.3) is 12.2 Å². The normalized spacial score (nSPS) is 12.8. The van der Waals surface area contributed by atoms with Gasteiger partial charge < -0.3 is 5.11 Å². The summed E-state index contributed by atoms with van der Waals surface area (Å²) in [6.45, 7) is 3.86. The van der Waals surface area contributed by atoms with Gasteiger partial charge in [-0.1, -0.05) is 66.2 Å². The molecule has 0 radical (unpaired) electrons. The van der Waals surface area contributed by atoms with Crippen molar-refractivity contribution < 1.29 is 5.11 Å². The van der Waals surface area contributed by atoms with Crippen LogP contribution in [0.2, 0.25) is 0 Å². The molecule has 1 unspecified atom stereocenters. The van der Waals surface area contributed by atoms with Gasteiger partial charge in [-0.25, -0.2) is 0 Å². The second-order valence-corrected chi connectivity index (χ2v) is 4.55. The number of benzene rings is 2. The molecule has 0 aliphatic rings. The summed E-state index contributed by atoms with van der Waals surface area (Å²) in [6, 6.07) is 16.3. The lowest BCUT2D eigenvalue weighted by Gasteiger charge is -2.10. The fourth-order valence-corrected chi connectivity index (χ4v) is 1.97. The molecule has 0 heterocycles. The highest BCUT2D eigenvalue weighted by atomic mass is 16.3. The molecule has 1 atom stereocenters. The van der Waals surface area contributed by atoms with Gasteiger partial charge in [0.25, 0.3) is 0 Å². The van der Waals surface area contributed by atoms with Crippen molar-refractivity contribution in [3.05, 3.63) is 70.8 Å². The summed E-state index contributed by atoms with van der Waals surface area (Å²) in [5, 5.41) is 9.76. The smallest absolute Gasteiger partial charge is 0.0767 e. The number of aliphatic hydroxyl groups excluding tert-OH is 1. The topological polar surface area (TPSA) is 20.2 Å². The largest absolute Gasteiger partial charge is 0.389 e. The van der Waals surface area contributed by atoms with Gasteiger partial charge in [-0.2, -0.15) is 0 Å². The number of hydrogen-bond donors (Lipinski definition) is 1. The van der Waals surface area contributed by atoms with Gasteiger partial charge in [0.1, 0.15) is 0 Å². The van der Waals surface area contributed by atoms with E-state index in [0.29, 0.717) is 0 Å². The molecule has 18 heavy (non-hydrogen) atoms. The average molecular weight is 238 g/mol. The number of hydrogen-bond acceptors (Lipinski definition) is 1. The van der Waals surface area contributed by atoms with Crippen LogP contribution in [0.5, 0.6) is 0 Å². The van der Waals surface area contributed by atoms with E-state index in [9.17, 15) is 5.11 Å². The molecule has 0 saturated carbocycles. The molecule has 92 valence electrons. The molecule has 1 heteroatoms.